The Morgan fingerprint density at radius 1 is 1.34 bits per heavy atom. The number of methoxy groups -OCH3 is 1. The average Bonchev–Trinajstić information content (AvgIpc) is 3.09. The van der Waals surface area contributed by atoms with E-state index in [0.717, 1.165) is 13.0 Å². The number of ether oxygens (including phenoxy) is 2. The van der Waals surface area contributed by atoms with E-state index in [1.807, 2.05) is 0 Å². The van der Waals surface area contributed by atoms with Gasteiger partial charge in [-0.05, 0) is 37.8 Å². The van der Waals surface area contributed by atoms with Crippen LogP contribution in [0.3, 0.4) is 0 Å². The lowest BCUT2D eigenvalue weighted by Gasteiger charge is -2.28. The fourth-order valence-corrected chi connectivity index (χ4v) is 3.59. The molecule has 1 saturated heterocycles. The lowest BCUT2D eigenvalue weighted by molar-refractivity contribution is -0.123. The molecule has 2 atom stereocenters. The molecule has 29 heavy (non-hydrogen) atoms. The van der Waals surface area contributed by atoms with E-state index in [1.165, 1.54) is 13.2 Å². The van der Waals surface area contributed by atoms with Crippen LogP contribution in [0.2, 0.25) is 0 Å². The molecule has 3 rings (SSSR count). The van der Waals surface area contributed by atoms with Gasteiger partial charge in [0.05, 0.1) is 13.2 Å². The van der Waals surface area contributed by atoms with Gasteiger partial charge in [0.1, 0.15) is 6.10 Å². The van der Waals surface area contributed by atoms with Crippen molar-refractivity contribution in [1.82, 2.24) is 15.6 Å². The van der Waals surface area contributed by atoms with E-state index in [-0.39, 0.29) is 68.3 Å². The first kappa shape index (κ1) is 23.5. The molecule has 0 aromatic carbocycles. The van der Waals surface area contributed by atoms with E-state index in [4.69, 9.17) is 9.47 Å². The molecule has 0 bridgehead atoms. The number of pyridine rings is 1. The Morgan fingerprint density at radius 3 is 2.62 bits per heavy atom. The third-order valence-corrected chi connectivity index (χ3v) is 5.24. The summed E-state index contributed by atoms with van der Waals surface area (Å²) in [6, 6.07) is 0.940. The number of nitrogens with one attached hydrogen (secondary N) is 2. The van der Waals surface area contributed by atoms with Crippen molar-refractivity contribution in [3.8, 4) is 11.8 Å². The first-order chi connectivity index (χ1) is 13.3. The number of nitrogens with zero attached hydrogens (tertiary/aromatic N) is 1. The Bertz CT molecular complexity index is 713. The highest BCUT2D eigenvalue weighted by Crippen LogP contribution is 2.35. The molecule has 164 valence electrons. The summed E-state index contributed by atoms with van der Waals surface area (Å²) >= 11 is 0. The fraction of sp³-hybridized carbons (Fsp3) is 0.684. The summed E-state index contributed by atoms with van der Waals surface area (Å²) in [4.78, 5) is 16.3. The number of hydrogen-bond acceptors (Lipinski definition) is 5. The van der Waals surface area contributed by atoms with Crippen LogP contribution in [-0.2, 0) is 11.3 Å². The van der Waals surface area contributed by atoms with Gasteiger partial charge in [0.15, 0.2) is 5.82 Å². The third-order valence-electron chi connectivity index (χ3n) is 5.24. The molecule has 2 fully saturated rings. The molecular formula is C19H27ClF3N3O3. The number of hydrogen-bond donors (Lipinski definition) is 2. The Labute approximate surface area is 174 Å². The van der Waals surface area contributed by atoms with Crippen molar-refractivity contribution >= 4 is 18.3 Å². The molecule has 2 heterocycles. The fourth-order valence-electron chi connectivity index (χ4n) is 3.59. The number of alkyl halides is 2. The SMILES string of the molecule is COc1nc(OC2CCC(F)(F)CC2)c(F)cc1CNC(=O)[C@@H]1C[C@@H](C)CN1.Cl. The van der Waals surface area contributed by atoms with Crippen LogP contribution in [0.25, 0.3) is 0 Å². The molecule has 1 aliphatic carbocycles. The van der Waals surface area contributed by atoms with Gasteiger partial charge in [-0.15, -0.1) is 12.4 Å². The smallest absolute Gasteiger partial charge is 0.254 e. The highest BCUT2D eigenvalue weighted by Gasteiger charge is 2.36. The average molecular weight is 438 g/mol. The van der Waals surface area contributed by atoms with Gasteiger partial charge in [0.25, 0.3) is 5.88 Å². The quantitative estimate of drug-likeness (QED) is 0.715. The normalized spacial score (nSPS) is 23.9. The van der Waals surface area contributed by atoms with Gasteiger partial charge >= 0.3 is 0 Å². The van der Waals surface area contributed by atoms with E-state index in [1.54, 1.807) is 0 Å². The lowest BCUT2D eigenvalue weighted by Crippen LogP contribution is -2.40. The summed E-state index contributed by atoms with van der Waals surface area (Å²) in [6.07, 6.45) is -0.0412. The van der Waals surface area contributed by atoms with Crippen LogP contribution < -0.4 is 20.1 Å². The summed E-state index contributed by atoms with van der Waals surface area (Å²) in [5, 5.41) is 5.90. The molecule has 0 unspecified atom stereocenters. The van der Waals surface area contributed by atoms with Gasteiger partial charge in [-0.2, -0.15) is 4.98 Å². The number of rotatable bonds is 6. The largest absolute Gasteiger partial charge is 0.481 e. The van der Waals surface area contributed by atoms with Crippen LogP contribution in [0.4, 0.5) is 13.2 Å². The van der Waals surface area contributed by atoms with Gasteiger partial charge in [-0.25, -0.2) is 13.2 Å². The van der Waals surface area contributed by atoms with Crippen LogP contribution in [0.15, 0.2) is 6.07 Å². The van der Waals surface area contributed by atoms with Crippen molar-refractivity contribution in [2.45, 2.75) is 63.6 Å². The van der Waals surface area contributed by atoms with Crippen molar-refractivity contribution < 1.29 is 27.4 Å². The summed E-state index contributed by atoms with van der Waals surface area (Å²) in [5.41, 5.74) is 0.377. The van der Waals surface area contributed by atoms with Crippen LogP contribution in [-0.4, -0.2) is 42.6 Å². The van der Waals surface area contributed by atoms with E-state index < -0.39 is 17.8 Å². The molecule has 1 aromatic rings. The van der Waals surface area contributed by atoms with Crippen molar-refractivity contribution in [2.75, 3.05) is 13.7 Å². The number of aromatic nitrogens is 1. The number of halogens is 4. The topological polar surface area (TPSA) is 72.5 Å². The molecule has 1 aliphatic heterocycles. The molecular weight excluding hydrogens is 411 g/mol. The minimum absolute atomic E-state index is 0. The van der Waals surface area contributed by atoms with E-state index in [2.05, 4.69) is 22.5 Å². The molecule has 1 aromatic heterocycles. The molecule has 1 amide bonds. The minimum atomic E-state index is -2.68. The molecule has 2 N–H and O–H groups in total. The van der Waals surface area contributed by atoms with Crippen molar-refractivity contribution in [2.24, 2.45) is 5.92 Å². The van der Waals surface area contributed by atoms with Gasteiger partial charge < -0.3 is 20.1 Å². The Morgan fingerprint density at radius 2 is 2.03 bits per heavy atom. The number of amides is 1. The zero-order valence-corrected chi connectivity index (χ0v) is 17.3. The monoisotopic (exact) mass is 437 g/mol. The van der Waals surface area contributed by atoms with E-state index >= 15 is 0 Å². The Balaban J connectivity index is 0.00000300. The summed E-state index contributed by atoms with van der Waals surface area (Å²) in [7, 11) is 1.39. The molecule has 0 spiro atoms. The van der Waals surface area contributed by atoms with Crippen LogP contribution in [0.5, 0.6) is 11.8 Å². The minimum Gasteiger partial charge on any atom is -0.481 e. The van der Waals surface area contributed by atoms with Crippen molar-refractivity contribution in [3.63, 3.8) is 0 Å². The zero-order chi connectivity index (χ0) is 20.3. The summed E-state index contributed by atoms with van der Waals surface area (Å²) in [6.45, 7) is 2.92. The highest BCUT2D eigenvalue weighted by atomic mass is 35.5. The van der Waals surface area contributed by atoms with Crippen LogP contribution >= 0.6 is 12.4 Å². The van der Waals surface area contributed by atoms with Gasteiger partial charge in [0.2, 0.25) is 17.7 Å². The second-order valence-electron chi connectivity index (χ2n) is 7.64. The maximum atomic E-state index is 14.4. The van der Waals surface area contributed by atoms with Gasteiger partial charge in [0, 0.05) is 24.9 Å². The second-order valence-corrected chi connectivity index (χ2v) is 7.64. The van der Waals surface area contributed by atoms with Crippen molar-refractivity contribution in [1.29, 1.82) is 0 Å². The molecule has 0 radical (unpaired) electrons. The summed E-state index contributed by atoms with van der Waals surface area (Å²) in [5.74, 6) is -3.26. The first-order valence-electron chi connectivity index (χ1n) is 9.56. The lowest BCUT2D eigenvalue weighted by atomic mass is 9.94. The number of carbonyl (C=O) groups is 1. The van der Waals surface area contributed by atoms with Crippen LogP contribution in [0, 0.1) is 11.7 Å². The standard InChI is InChI=1S/C19H26F3N3O3.ClH/c1-11-7-15(23-9-11)16(26)24-10-12-8-14(20)18(25-17(12)27-2)28-13-3-5-19(21,22)6-4-13;/h8,11,13,15,23H,3-7,9-10H2,1-2H3,(H,24,26);1H/t11-,15+;/m1./s1. The second kappa shape index (κ2) is 9.84. The zero-order valence-electron chi connectivity index (χ0n) is 16.5. The Kier molecular flexibility index (Phi) is 7.99. The Hall–Kier alpha value is -1.74. The molecule has 10 heteroatoms. The predicted octanol–water partition coefficient (Wildman–Crippen LogP) is 3.22. The summed E-state index contributed by atoms with van der Waals surface area (Å²) < 4.78 is 51.6. The van der Waals surface area contributed by atoms with Crippen LogP contribution in [0.1, 0.15) is 44.6 Å². The maximum Gasteiger partial charge on any atom is 0.254 e. The number of carbonyl (C=O) groups excluding carboxylic acids is 1. The maximum absolute atomic E-state index is 14.4. The molecule has 2 aliphatic rings. The predicted molar refractivity (Wildman–Crippen MR) is 103 cm³/mol. The highest BCUT2D eigenvalue weighted by molar-refractivity contribution is 5.85. The molecule has 6 nitrogen and oxygen atoms in total. The van der Waals surface area contributed by atoms with Gasteiger partial charge in [-0.3, -0.25) is 4.79 Å². The van der Waals surface area contributed by atoms with Crippen molar-refractivity contribution in [3.05, 3.63) is 17.4 Å². The first-order valence-corrected chi connectivity index (χ1v) is 9.56. The third kappa shape index (κ3) is 6.12. The van der Waals surface area contributed by atoms with E-state index in [0.29, 0.717) is 11.5 Å². The van der Waals surface area contributed by atoms with E-state index in [9.17, 15) is 18.0 Å². The van der Waals surface area contributed by atoms with Gasteiger partial charge in [-0.1, -0.05) is 6.92 Å². The molecule has 1 saturated carbocycles.